The summed E-state index contributed by atoms with van der Waals surface area (Å²) in [7, 11) is 0. The number of fused-ring (bicyclic) bond motifs is 1. The molecule has 0 bridgehead atoms. The van der Waals surface area contributed by atoms with Crippen molar-refractivity contribution in [1.29, 1.82) is 0 Å². The molecule has 2 rings (SSSR count). The SMILES string of the molecule is CC(C)(CN)NC(=O)CCc1cccc2c1OCO2. The van der Waals surface area contributed by atoms with Crippen LogP contribution in [-0.2, 0) is 11.2 Å². The second-order valence-corrected chi connectivity index (χ2v) is 5.29. The van der Waals surface area contributed by atoms with Crippen molar-refractivity contribution in [2.24, 2.45) is 5.73 Å². The van der Waals surface area contributed by atoms with Gasteiger partial charge in [-0.25, -0.2) is 0 Å². The van der Waals surface area contributed by atoms with Crippen molar-refractivity contribution >= 4 is 5.91 Å². The fourth-order valence-corrected chi connectivity index (χ4v) is 1.93. The van der Waals surface area contributed by atoms with Crippen molar-refractivity contribution < 1.29 is 14.3 Å². The molecule has 0 radical (unpaired) electrons. The summed E-state index contributed by atoms with van der Waals surface area (Å²) >= 11 is 0. The molecule has 0 fully saturated rings. The molecule has 5 nitrogen and oxygen atoms in total. The molecule has 1 heterocycles. The van der Waals surface area contributed by atoms with E-state index in [1.165, 1.54) is 0 Å². The van der Waals surface area contributed by atoms with Crippen LogP contribution in [0.25, 0.3) is 0 Å². The summed E-state index contributed by atoms with van der Waals surface area (Å²) in [6.45, 7) is 4.47. The highest BCUT2D eigenvalue weighted by atomic mass is 16.7. The molecule has 0 saturated carbocycles. The first-order chi connectivity index (χ1) is 9.02. The number of nitrogens with one attached hydrogen (secondary N) is 1. The number of hydrogen-bond acceptors (Lipinski definition) is 4. The topological polar surface area (TPSA) is 73.6 Å². The van der Waals surface area contributed by atoms with Crippen molar-refractivity contribution in [1.82, 2.24) is 5.32 Å². The average molecular weight is 264 g/mol. The summed E-state index contributed by atoms with van der Waals surface area (Å²) in [6, 6.07) is 5.73. The van der Waals surface area contributed by atoms with Gasteiger partial charge in [-0.1, -0.05) is 12.1 Å². The van der Waals surface area contributed by atoms with Crippen LogP contribution in [0.5, 0.6) is 11.5 Å². The number of aryl methyl sites for hydroxylation is 1. The molecule has 0 spiro atoms. The molecule has 1 aromatic rings. The molecule has 3 N–H and O–H groups in total. The third kappa shape index (κ3) is 3.38. The van der Waals surface area contributed by atoms with Gasteiger partial charge in [-0.15, -0.1) is 0 Å². The Morgan fingerprint density at radius 3 is 2.95 bits per heavy atom. The van der Waals surface area contributed by atoms with Crippen molar-refractivity contribution in [3.8, 4) is 11.5 Å². The molecular weight excluding hydrogens is 244 g/mol. The second-order valence-electron chi connectivity index (χ2n) is 5.29. The lowest BCUT2D eigenvalue weighted by Gasteiger charge is -2.24. The number of amides is 1. The minimum Gasteiger partial charge on any atom is -0.454 e. The number of para-hydroxylation sites is 1. The maximum Gasteiger partial charge on any atom is 0.231 e. The van der Waals surface area contributed by atoms with Gasteiger partial charge in [0.05, 0.1) is 0 Å². The minimum absolute atomic E-state index is 0.00744. The van der Waals surface area contributed by atoms with Gasteiger partial charge in [0.15, 0.2) is 11.5 Å². The first kappa shape index (κ1) is 13.7. The van der Waals surface area contributed by atoms with Gasteiger partial charge < -0.3 is 20.5 Å². The lowest BCUT2D eigenvalue weighted by molar-refractivity contribution is -0.122. The third-order valence-corrected chi connectivity index (χ3v) is 3.09. The number of carbonyl (C=O) groups is 1. The molecule has 19 heavy (non-hydrogen) atoms. The van der Waals surface area contributed by atoms with Crippen molar-refractivity contribution in [2.75, 3.05) is 13.3 Å². The standard InChI is InChI=1S/C14H20N2O3/c1-14(2,8-15)16-12(17)7-6-10-4-3-5-11-13(10)19-9-18-11/h3-5H,6-9,15H2,1-2H3,(H,16,17). The van der Waals surface area contributed by atoms with Crippen LogP contribution in [0.2, 0.25) is 0 Å². The summed E-state index contributed by atoms with van der Waals surface area (Å²) in [6.07, 6.45) is 1.03. The van der Waals surface area contributed by atoms with Crippen LogP contribution < -0.4 is 20.5 Å². The number of hydrogen-bond donors (Lipinski definition) is 2. The predicted molar refractivity (Wildman–Crippen MR) is 72.2 cm³/mol. The van der Waals surface area contributed by atoms with E-state index < -0.39 is 0 Å². The van der Waals surface area contributed by atoms with Crippen LogP contribution in [0.1, 0.15) is 25.8 Å². The highest BCUT2D eigenvalue weighted by Crippen LogP contribution is 2.35. The van der Waals surface area contributed by atoms with E-state index in [0.717, 1.165) is 17.1 Å². The normalized spacial score (nSPS) is 13.4. The van der Waals surface area contributed by atoms with Crippen LogP contribution in [0.3, 0.4) is 0 Å². The van der Waals surface area contributed by atoms with Gasteiger partial charge in [-0.2, -0.15) is 0 Å². The summed E-state index contributed by atoms with van der Waals surface area (Å²) < 4.78 is 10.7. The van der Waals surface area contributed by atoms with Crippen molar-refractivity contribution in [2.45, 2.75) is 32.2 Å². The molecule has 1 aliphatic rings. The Bertz CT molecular complexity index is 472. The summed E-state index contributed by atoms with van der Waals surface area (Å²) in [4.78, 5) is 11.9. The van der Waals surface area contributed by atoms with Crippen LogP contribution in [-0.4, -0.2) is 24.8 Å². The number of benzene rings is 1. The van der Waals surface area contributed by atoms with Crippen LogP contribution >= 0.6 is 0 Å². The summed E-state index contributed by atoms with van der Waals surface area (Å²) in [5.74, 6) is 1.50. The van der Waals surface area contributed by atoms with Gasteiger partial charge in [0.1, 0.15) is 0 Å². The number of rotatable bonds is 5. The highest BCUT2D eigenvalue weighted by molar-refractivity contribution is 5.77. The average Bonchev–Trinajstić information content (AvgIpc) is 2.84. The summed E-state index contributed by atoms with van der Waals surface area (Å²) in [5.41, 5.74) is 6.21. The molecule has 0 saturated heterocycles. The predicted octanol–water partition coefficient (Wildman–Crippen LogP) is 1.20. The monoisotopic (exact) mass is 264 g/mol. The van der Waals surface area contributed by atoms with Gasteiger partial charge in [0, 0.05) is 18.5 Å². The first-order valence-corrected chi connectivity index (χ1v) is 6.40. The number of carbonyl (C=O) groups excluding carboxylic acids is 1. The van der Waals surface area contributed by atoms with Crippen LogP contribution in [0, 0.1) is 0 Å². The molecule has 0 aromatic heterocycles. The van der Waals surface area contributed by atoms with Crippen molar-refractivity contribution in [3.05, 3.63) is 23.8 Å². The lowest BCUT2D eigenvalue weighted by atomic mass is 10.0. The van der Waals surface area contributed by atoms with E-state index in [-0.39, 0.29) is 18.2 Å². The maximum atomic E-state index is 11.9. The molecule has 1 aromatic carbocycles. The minimum atomic E-state index is -0.366. The molecule has 1 aliphatic heterocycles. The smallest absolute Gasteiger partial charge is 0.231 e. The molecule has 5 heteroatoms. The third-order valence-electron chi connectivity index (χ3n) is 3.09. The zero-order valence-corrected chi connectivity index (χ0v) is 11.4. The molecule has 104 valence electrons. The number of ether oxygens (including phenoxy) is 2. The molecule has 0 atom stereocenters. The van der Waals surface area contributed by atoms with E-state index in [2.05, 4.69) is 5.32 Å². The fourth-order valence-electron chi connectivity index (χ4n) is 1.93. The van der Waals surface area contributed by atoms with E-state index >= 15 is 0 Å². The zero-order valence-electron chi connectivity index (χ0n) is 11.4. The van der Waals surface area contributed by atoms with Gasteiger partial charge in [-0.3, -0.25) is 4.79 Å². The molecule has 0 aliphatic carbocycles. The van der Waals surface area contributed by atoms with Gasteiger partial charge in [-0.05, 0) is 31.9 Å². The van der Waals surface area contributed by atoms with Gasteiger partial charge in [0.2, 0.25) is 12.7 Å². The Morgan fingerprint density at radius 2 is 2.21 bits per heavy atom. The quantitative estimate of drug-likeness (QED) is 0.838. The van der Waals surface area contributed by atoms with E-state index in [0.29, 0.717) is 19.4 Å². The Labute approximate surface area is 113 Å². The summed E-state index contributed by atoms with van der Waals surface area (Å²) in [5, 5.41) is 2.91. The Kier molecular flexibility index (Phi) is 3.95. The molecular formula is C14H20N2O3. The maximum absolute atomic E-state index is 11.9. The zero-order chi connectivity index (χ0) is 13.9. The van der Waals surface area contributed by atoms with E-state index in [1.54, 1.807) is 0 Å². The van der Waals surface area contributed by atoms with E-state index in [4.69, 9.17) is 15.2 Å². The molecule has 1 amide bonds. The largest absolute Gasteiger partial charge is 0.454 e. The van der Waals surface area contributed by atoms with E-state index in [9.17, 15) is 4.79 Å². The highest BCUT2D eigenvalue weighted by Gasteiger charge is 2.20. The number of nitrogens with two attached hydrogens (primary N) is 1. The van der Waals surface area contributed by atoms with Gasteiger partial charge >= 0.3 is 0 Å². The van der Waals surface area contributed by atoms with Crippen LogP contribution in [0.4, 0.5) is 0 Å². The fraction of sp³-hybridized carbons (Fsp3) is 0.500. The van der Waals surface area contributed by atoms with E-state index in [1.807, 2.05) is 32.0 Å². The molecule has 0 unspecified atom stereocenters. The Balaban J connectivity index is 1.93. The second kappa shape index (κ2) is 5.48. The Morgan fingerprint density at radius 1 is 1.42 bits per heavy atom. The first-order valence-electron chi connectivity index (χ1n) is 6.40. The van der Waals surface area contributed by atoms with Crippen LogP contribution in [0.15, 0.2) is 18.2 Å². The lowest BCUT2D eigenvalue weighted by Crippen LogP contribution is -2.48. The Hall–Kier alpha value is -1.75. The van der Waals surface area contributed by atoms with Crippen molar-refractivity contribution in [3.63, 3.8) is 0 Å². The van der Waals surface area contributed by atoms with Gasteiger partial charge in [0.25, 0.3) is 0 Å².